The van der Waals surface area contributed by atoms with E-state index in [0.29, 0.717) is 0 Å². The highest BCUT2D eigenvalue weighted by Gasteiger charge is 2.36. The summed E-state index contributed by atoms with van der Waals surface area (Å²) in [5, 5.41) is 6.79. The normalized spacial score (nSPS) is 13.2. The molecule has 11 aromatic rings. The molecule has 0 fully saturated rings. The standard InChI is InChI=1S/C59H40N2O2/c1-59(2)51-20-10-8-17-44(51)49-34-42(26-30-52(49)59)61(39-15-4-3-5-16-39)53-31-29-47-46-28-25-43(36-57(46)63-56-22-12-19-48(53)58(47)56)60(40-24-23-37-13-6-7-14-38(37)33-40)41-27-32-55-50(35-41)45-18-9-11-21-54(45)62-55/h3-36H,1-2H3. The van der Waals surface area contributed by atoms with E-state index in [9.17, 15) is 0 Å². The van der Waals surface area contributed by atoms with Crippen molar-refractivity contribution in [3.63, 3.8) is 0 Å². The van der Waals surface area contributed by atoms with E-state index < -0.39 is 0 Å². The molecule has 10 aromatic carbocycles. The van der Waals surface area contributed by atoms with Crippen LogP contribution in [0.4, 0.5) is 34.1 Å². The molecule has 4 nitrogen and oxygen atoms in total. The molecule has 0 saturated heterocycles. The molecular weight excluding hydrogens is 769 g/mol. The van der Waals surface area contributed by atoms with Crippen molar-refractivity contribution in [3.05, 3.63) is 217 Å². The van der Waals surface area contributed by atoms with Gasteiger partial charge in [-0.15, -0.1) is 0 Å². The first-order valence-electron chi connectivity index (χ1n) is 21.7. The van der Waals surface area contributed by atoms with Gasteiger partial charge in [0.25, 0.3) is 0 Å². The van der Waals surface area contributed by atoms with Gasteiger partial charge in [-0.1, -0.05) is 129 Å². The van der Waals surface area contributed by atoms with Gasteiger partial charge in [0.1, 0.15) is 22.7 Å². The molecule has 0 bridgehead atoms. The molecule has 63 heavy (non-hydrogen) atoms. The van der Waals surface area contributed by atoms with Gasteiger partial charge >= 0.3 is 0 Å². The van der Waals surface area contributed by atoms with E-state index in [0.717, 1.165) is 89.5 Å². The molecule has 0 unspecified atom stereocenters. The lowest BCUT2D eigenvalue weighted by atomic mass is 9.82. The molecule has 1 aliphatic carbocycles. The minimum atomic E-state index is -0.0678. The summed E-state index contributed by atoms with van der Waals surface area (Å²) in [6.45, 7) is 4.67. The van der Waals surface area contributed by atoms with Crippen molar-refractivity contribution in [2.24, 2.45) is 0 Å². The number of furan rings is 1. The molecule has 4 heteroatoms. The monoisotopic (exact) mass is 808 g/mol. The lowest BCUT2D eigenvalue weighted by Crippen LogP contribution is -2.15. The second kappa shape index (κ2) is 13.5. The number of hydrogen-bond donors (Lipinski definition) is 0. The van der Waals surface area contributed by atoms with E-state index in [1.807, 2.05) is 12.1 Å². The summed E-state index contributed by atoms with van der Waals surface area (Å²) >= 11 is 0. The van der Waals surface area contributed by atoms with Gasteiger partial charge in [0.05, 0.1) is 5.69 Å². The number of para-hydroxylation sites is 2. The highest BCUT2D eigenvalue weighted by Crippen LogP contribution is 2.54. The summed E-state index contributed by atoms with van der Waals surface area (Å²) < 4.78 is 13.3. The van der Waals surface area contributed by atoms with Crippen molar-refractivity contribution >= 4 is 77.6 Å². The first-order valence-corrected chi connectivity index (χ1v) is 21.7. The zero-order valence-corrected chi connectivity index (χ0v) is 34.8. The van der Waals surface area contributed by atoms with Crippen LogP contribution in [-0.2, 0) is 5.41 Å². The van der Waals surface area contributed by atoms with Gasteiger partial charge in [0.15, 0.2) is 0 Å². The van der Waals surface area contributed by atoms with Gasteiger partial charge in [-0.3, -0.25) is 0 Å². The van der Waals surface area contributed by atoms with Crippen molar-refractivity contribution in [2.45, 2.75) is 19.3 Å². The average Bonchev–Trinajstić information content (AvgIpc) is 3.81. The van der Waals surface area contributed by atoms with E-state index in [-0.39, 0.29) is 5.41 Å². The Morgan fingerprint density at radius 3 is 1.95 bits per heavy atom. The first kappa shape index (κ1) is 35.7. The largest absolute Gasteiger partial charge is 0.456 e. The number of anilines is 6. The summed E-state index contributed by atoms with van der Waals surface area (Å²) in [6, 6.07) is 74.2. The van der Waals surface area contributed by atoms with Gasteiger partial charge in [0.2, 0.25) is 0 Å². The average molecular weight is 809 g/mol. The maximum absolute atomic E-state index is 7.01. The van der Waals surface area contributed by atoms with E-state index in [2.05, 4.69) is 218 Å². The van der Waals surface area contributed by atoms with Crippen LogP contribution in [0, 0.1) is 0 Å². The van der Waals surface area contributed by atoms with Crippen molar-refractivity contribution < 1.29 is 9.15 Å². The zero-order chi connectivity index (χ0) is 41.8. The van der Waals surface area contributed by atoms with Crippen LogP contribution in [0.1, 0.15) is 25.0 Å². The lowest BCUT2D eigenvalue weighted by molar-refractivity contribution is 0.487. The predicted octanol–water partition coefficient (Wildman–Crippen LogP) is 16.9. The second-order valence-corrected chi connectivity index (χ2v) is 17.3. The molecule has 1 aromatic heterocycles. The first-order chi connectivity index (χ1) is 31.0. The SMILES string of the molecule is CC1(C)c2ccccc2-c2cc(N(c3ccccc3)c3ccc4c5c(cccc35)Oc3cc(N(c5ccc6ccccc6c5)c5ccc6oc7ccccc7c6c5)ccc3-4)ccc21. The van der Waals surface area contributed by atoms with Crippen molar-refractivity contribution in [1.29, 1.82) is 0 Å². The van der Waals surface area contributed by atoms with Crippen LogP contribution in [0.25, 0.3) is 65.7 Å². The highest BCUT2D eigenvalue weighted by molar-refractivity contribution is 6.12. The fourth-order valence-electron chi connectivity index (χ4n) is 10.4. The van der Waals surface area contributed by atoms with Gasteiger partial charge in [-0.25, -0.2) is 0 Å². The molecule has 1 aliphatic heterocycles. The van der Waals surface area contributed by atoms with Gasteiger partial charge < -0.3 is 19.0 Å². The molecule has 0 saturated carbocycles. The Morgan fingerprint density at radius 1 is 0.365 bits per heavy atom. The van der Waals surface area contributed by atoms with Crippen LogP contribution in [0.3, 0.4) is 0 Å². The van der Waals surface area contributed by atoms with Crippen LogP contribution in [0.15, 0.2) is 211 Å². The van der Waals surface area contributed by atoms with Gasteiger partial charge in [-0.2, -0.15) is 0 Å². The van der Waals surface area contributed by atoms with Crippen LogP contribution >= 0.6 is 0 Å². The summed E-state index contributed by atoms with van der Waals surface area (Å²) in [6.07, 6.45) is 0. The van der Waals surface area contributed by atoms with Crippen molar-refractivity contribution in [2.75, 3.05) is 9.80 Å². The van der Waals surface area contributed by atoms with E-state index in [1.165, 1.54) is 33.0 Å². The van der Waals surface area contributed by atoms with Crippen LogP contribution < -0.4 is 14.5 Å². The molecule has 0 atom stereocenters. The summed E-state index contributed by atoms with van der Waals surface area (Å²) in [5.41, 5.74) is 15.6. The number of ether oxygens (including phenoxy) is 1. The molecule has 0 radical (unpaired) electrons. The molecule has 298 valence electrons. The number of rotatable bonds is 6. The molecule has 13 rings (SSSR count). The van der Waals surface area contributed by atoms with Crippen LogP contribution in [-0.4, -0.2) is 0 Å². The lowest BCUT2D eigenvalue weighted by Gasteiger charge is -2.31. The molecule has 0 spiro atoms. The van der Waals surface area contributed by atoms with E-state index in [4.69, 9.17) is 9.15 Å². The molecule has 2 heterocycles. The molecular formula is C59H40N2O2. The predicted molar refractivity (Wildman–Crippen MR) is 261 cm³/mol. The molecule has 2 aliphatic rings. The van der Waals surface area contributed by atoms with Crippen LogP contribution in [0.5, 0.6) is 11.5 Å². The van der Waals surface area contributed by atoms with Gasteiger partial charge in [-0.05, 0) is 124 Å². The molecule has 0 amide bonds. The topological polar surface area (TPSA) is 28.9 Å². The number of benzene rings is 10. The third-order valence-corrected chi connectivity index (χ3v) is 13.4. The fraction of sp³-hybridized carbons (Fsp3) is 0.0508. The second-order valence-electron chi connectivity index (χ2n) is 17.3. The third-order valence-electron chi connectivity index (χ3n) is 13.4. The smallest absolute Gasteiger partial charge is 0.137 e. The molecule has 0 N–H and O–H groups in total. The van der Waals surface area contributed by atoms with Crippen molar-refractivity contribution in [1.82, 2.24) is 0 Å². The summed E-state index contributed by atoms with van der Waals surface area (Å²) in [4.78, 5) is 4.72. The van der Waals surface area contributed by atoms with Crippen LogP contribution in [0.2, 0.25) is 0 Å². The summed E-state index contributed by atoms with van der Waals surface area (Å²) in [7, 11) is 0. The Hall–Kier alpha value is -8.08. The maximum atomic E-state index is 7.01. The number of hydrogen-bond acceptors (Lipinski definition) is 4. The quantitative estimate of drug-likeness (QED) is 0.167. The Balaban J connectivity index is 0.956. The summed E-state index contributed by atoms with van der Waals surface area (Å²) in [5.74, 6) is 1.66. The Labute approximate surface area is 365 Å². The van der Waals surface area contributed by atoms with E-state index in [1.54, 1.807) is 0 Å². The van der Waals surface area contributed by atoms with E-state index >= 15 is 0 Å². The highest BCUT2D eigenvalue weighted by atomic mass is 16.5. The Kier molecular flexibility index (Phi) is 7.62. The zero-order valence-electron chi connectivity index (χ0n) is 34.8. The van der Waals surface area contributed by atoms with Crippen molar-refractivity contribution in [3.8, 4) is 33.8 Å². The number of nitrogens with zero attached hydrogens (tertiary/aromatic N) is 2. The Morgan fingerprint density at radius 2 is 1.03 bits per heavy atom. The minimum Gasteiger partial charge on any atom is -0.456 e. The maximum Gasteiger partial charge on any atom is 0.137 e. The fourth-order valence-corrected chi connectivity index (χ4v) is 10.4. The van der Waals surface area contributed by atoms with Gasteiger partial charge in [0, 0.05) is 67.0 Å². The third kappa shape index (κ3) is 5.41. The number of fused-ring (bicyclic) bond motifs is 9. The minimum absolute atomic E-state index is 0.0678. The Bertz CT molecular complexity index is 3660.